The zero-order valence-corrected chi connectivity index (χ0v) is 15.4. The van der Waals surface area contributed by atoms with Crippen molar-refractivity contribution in [3.05, 3.63) is 29.8 Å². The molecule has 0 unspecified atom stereocenters. The van der Waals surface area contributed by atoms with Gasteiger partial charge in [-0.05, 0) is 24.6 Å². The number of hydrogen-bond donors (Lipinski definition) is 0. The highest BCUT2D eigenvalue weighted by Crippen LogP contribution is 2.31. The molecule has 2 fully saturated rings. The van der Waals surface area contributed by atoms with Crippen LogP contribution in [0, 0.1) is 6.92 Å². The van der Waals surface area contributed by atoms with Gasteiger partial charge in [-0.25, -0.2) is 8.42 Å². The van der Waals surface area contributed by atoms with Gasteiger partial charge in [0.25, 0.3) is 0 Å². The van der Waals surface area contributed by atoms with Crippen molar-refractivity contribution in [2.24, 2.45) is 0 Å². The van der Waals surface area contributed by atoms with Gasteiger partial charge in [0, 0.05) is 25.9 Å². The molecule has 0 N–H and O–H groups in total. The summed E-state index contributed by atoms with van der Waals surface area (Å²) in [6, 6.07) is 7.14. The van der Waals surface area contributed by atoms with E-state index in [0.29, 0.717) is 44.8 Å². The van der Waals surface area contributed by atoms with Crippen LogP contribution < -0.4 is 4.31 Å². The predicted molar refractivity (Wildman–Crippen MR) is 93.8 cm³/mol. The highest BCUT2D eigenvalue weighted by atomic mass is 32.2. The van der Waals surface area contributed by atoms with Gasteiger partial charge in [-0.1, -0.05) is 12.1 Å². The Bertz CT molecular complexity index is 733. The third kappa shape index (κ3) is 4.13. The number of carbonyl (C=O) groups excluding carboxylic acids is 1. The highest BCUT2D eigenvalue weighted by Gasteiger charge is 2.41. The topological polar surface area (TPSA) is 76.2 Å². The Balaban J connectivity index is 1.69. The lowest BCUT2D eigenvalue weighted by Crippen LogP contribution is -2.50. The fourth-order valence-corrected chi connectivity index (χ4v) is 4.13. The first-order chi connectivity index (χ1) is 11.8. The Hall–Kier alpha value is -1.64. The summed E-state index contributed by atoms with van der Waals surface area (Å²) in [7, 11) is -3.55. The molecule has 2 saturated heterocycles. The Kier molecular flexibility index (Phi) is 5.04. The van der Waals surface area contributed by atoms with E-state index in [4.69, 9.17) is 9.47 Å². The highest BCUT2D eigenvalue weighted by molar-refractivity contribution is 7.92. The molecule has 0 bridgehead atoms. The lowest BCUT2D eigenvalue weighted by Gasteiger charge is -2.38. The number of ether oxygens (including phenoxy) is 2. The van der Waals surface area contributed by atoms with Crippen LogP contribution >= 0.6 is 0 Å². The average molecular weight is 368 g/mol. The normalized spacial score (nSPS) is 20.0. The second-order valence-corrected chi connectivity index (χ2v) is 8.50. The Morgan fingerprint density at radius 3 is 2.44 bits per heavy atom. The summed E-state index contributed by atoms with van der Waals surface area (Å²) in [6.07, 6.45) is 2.35. The molecule has 2 aliphatic heterocycles. The van der Waals surface area contributed by atoms with Crippen molar-refractivity contribution in [2.75, 3.05) is 43.4 Å². The second-order valence-electron chi connectivity index (χ2n) is 6.60. The van der Waals surface area contributed by atoms with Crippen LogP contribution in [0.2, 0.25) is 0 Å². The van der Waals surface area contributed by atoms with Crippen LogP contribution in [0.3, 0.4) is 0 Å². The van der Waals surface area contributed by atoms with Gasteiger partial charge in [0.1, 0.15) is 6.54 Å². The minimum atomic E-state index is -3.55. The van der Waals surface area contributed by atoms with E-state index in [1.807, 2.05) is 13.0 Å². The van der Waals surface area contributed by atoms with Crippen LogP contribution in [0.4, 0.5) is 5.69 Å². The first-order valence-electron chi connectivity index (χ1n) is 8.39. The fraction of sp³-hybridized carbons (Fsp3) is 0.588. The minimum Gasteiger partial charge on any atom is -0.347 e. The van der Waals surface area contributed by atoms with Gasteiger partial charge >= 0.3 is 0 Å². The van der Waals surface area contributed by atoms with E-state index in [2.05, 4.69) is 0 Å². The van der Waals surface area contributed by atoms with Crippen molar-refractivity contribution in [2.45, 2.75) is 25.6 Å². The van der Waals surface area contributed by atoms with Gasteiger partial charge in [0.15, 0.2) is 5.79 Å². The summed E-state index contributed by atoms with van der Waals surface area (Å²) in [4.78, 5) is 14.3. The molecular weight excluding hydrogens is 344 g/mol. The Morgan fingerprint density at radius 2 is 1.88 bits per heavy atom. The van der Waals surface area contributed by atoms with Crippen molar-refractivity contribution in [3.63, 3.8) is 0 Å². The van der Waals surface area contributed by atoms with E-state index >= 15 is 0 Å². The molecule has 1 aromatic carbocycles. The van der Waals surface area contributed by atoms with Gasteiger partial charge in [0.2, 0.25) is 15.9 Å². The number of aryl methyl sites for hydroxylation is 1. The summed E-state index contributed by atoms with van der Waals surface area (Å²) in [5.74, 6) is -0.760. The lowest BCUT2D eigenvalue weighted by molar-refractivity contribution is -0.187. The number of hydrogen-bond acceptors (Lipinski definition) is 5. The van der Waals surface area contributed by atoms with Crippen LogP contribution in [0.5, 0.6) is 0 Å². The van der Waals surface area contributed by atoms with Crippen molar-refractivity contribution in [1.29, 1.82) is 0 Å². The van der Waals surface area contributed by atoms with E-state index in [-0.39, 0.29) is 12.5 Å². The molecule has 138 valence electrons. The third-order valence-corrected chi connectivity index (χ3v) is 5.80. The van der Waals surface area contributed by atoms with Crippen molar-refractivity contribution in [1.82, 2.24) is 4.90 Å². The SMILES string of the molecule is Cc1cccc(N(CC(=O)N2CCC3(CC2)OCCO3)S(C)(=O)=O)c1. The largest absolute Gasteiger partial charge is 0.347 e. The molecule has 2 heterocycles. The van der Waals surface area contributed by atoms with Crippen LogP contribution in [0.25, 0.3) is 0 Å². The maximum Gasteiger partial charge on any atom is 0.243 e. The molecule has 0 radical (unpaired) electrons. The zero-order valence-electron chi connectivity index (χ0n) is 14.6. The smallest absolute Gasteiger partial charge is 0.243 e. The zero-order chi connectivity index (χ0) is 18.1. The molecule has 0 aliphatic carbocycles. The predicted octanol–water partition coefficient (Wildman–Crippen LogP) is 1.13. The summed E-state index contributed by atoms with van der Waals surface area (Å²) in [6.45, 7) is 3.87. The monoisotopic (exact) mass is 368 g/mol. The van der Waals surface area contributed by atoms with Crippen molar-refractivity contribution < 1.29 is 22.7 Å². The van der Waals surface area contributed by atoms with E-state index in [1.165, 1.54) is 0 Å². The number of carbonyl (C=O) groups is 1. The molecule has 25 heavy (non-hydrogen) atoms. The number of piperidine rings is 1. The Morgan fingerprint density at radius 1 is 1.24 bits per heavy atom. The summed E-state index contributed by atoms with van der Waals surface area (Å²) < 4.78 is 36.8. The number of nitrogens with zero attached hydrogens (tertiary/aromatic N) is 2. The average Bonchev–Trinajstić information content (AvgIpc) is 3.00. The van der Waals surface area contributed by atoms with E-state index in [1.54, 1.807) is 23.1 Å². The van der Waals surface area contributed by atoms with Crippen molar-refractivity contribution >= 4 is 21.6 Å². The minimum absolute atomic E-state index is 0.197. The molecule has 0 saturated carbocycles. The first kappa shape index (κ1) is 18.2. The summed E-state index contributed by atoms with van der Waals surface area (Å²) >= 11 is 0. The molecule has 8 heteroatoms. The number of rotatable bonds is 4. The van der Waals surface area contributed by atoms with E-state index in [0.717, 1.165) is 16.1 Å². The lowest BCUT2D eigenvalue weighted by atomic mass is 10.0. The maximum atomic E-state index is 12.7. The van der Waals surface area contributed by atoms with Gasteiger partial charge in [-0.2, -0.15) is 0 Å². The quantitative estimate of drug-likeness (QED) is 0.796. The molecule has 0 atom stereocenters. The molecule has 2 aliphatic rings. The second kappa shape index (κ2) is 6.93. The number of sulfonamides is 1. The first-order valence-corrected chi connectivity index (χ1v) is 10.2. The number of benzene rings is 1. The number of anilines is 1. The molecular formula is C17H24N2O5S. The maximum absolute atomic E-state index is 12.7. The Labute approximate surface area is 148 Å². The van der Waals surface area contributed by atoms with E-state index in [9.17, 15) is 13.2 Å². The molecule has 3 rings (SSSR count). The number of amides is 1. The molecule has 7 nitrogen and oxygen atoms in total. The van der Waals surface area contributed by atoms with Crippen molar-refractivity contribution in [3.8, 4) is 0 Å². The number of likely N-dealkylation sites (tertiary alicyclic amines) is 1. The summed E-state index contributed by atoms with van der Waals surface area (Å²) in [5.41, 5.74) is 1.45. The van der Waals surface area contributed by atoms with Gasteiger partial charge in [0.05, 0.1) is 25.2 Å². The van der Waals surface area contributed by atoms with Gasteiger partial charge in [-0.3, -0.25) is 9.10 Å². The van der Waals surface area contributed by atoms with E-state index < -0.39 is 15.8 Å². The van der Waals surface area contributed by atoms with Crippen LogP contribution in [0.1, 0.15) is 18.4 Å². The molecule has 1 amide bonds. The molecule has 1 aromatic rings. The summed E-state index contributed by atoms with van der Waals surface area (Å²) in [5, 5.41) is 0. The standard InChI is InChI=1S/C17H24N2O5S/c1-14-4-3-5-15(12-14)19(25(2,21)22)13-16(20)18-8-6-17(7-9-18)23-10-11-24-17/h3-5,12H,6-11,13H2,1-2H3. The van der Waals surface area contributed by atoms with Crippen LogP contribution in [-0.4, -0.2) is 64.1 Å². The van der Waals surface area contributed by atoms with Crippen LogP contribution in [-0.2, 0) is 24.3 Å². The van der Waals surface area contributed by atoms with Crippen LogP contribution in [0.15, 0.2) is 24.3 Å². The van der Waals surface area contributed by atoms with Gasteiger partial charge < -0.3 is 14.4 Å². The molecule has 0 aromatic heterocycles. The molecule has 1 spiro atoms. The third-order valence-electron chi connectivity index (χ3n) is 4.66. The fourth-order valence-electron chi connectivity index (χ4n) is 3.29. The van der Waals surface area contributed by atoms with Gasteiger partial charge in [-0.15, -0.1) is 0 Å².